The summed E-state index contributed by atoms with van der Waals surface area (Å²) in [5.74, 6) is 0.945. The molecular weight excluding hydrogens is 439 g/mol. The van der Waals surface area contributed by atoms with Gasteiger partial charge in [-0.3, -0.25) is 9.53 Å². The summed E-state index contributed by atoms with van der Waals surface area (Å²) in [7, 11) is 0. The van der Waals surface area contributed by atoms with Crippen LogP contribution in [-0.4, -0.2) is 40.7 Å². The zero-order valence-corrected chi connectivity index (χ0v) is 17.0. The number of carbonyl (C=O) groups is 1. The summed E-state index contributed by atoms with van der Waals surface area (Å²) < 4.78 is 51.9. The van der Waals surface area contributed by atoms with Crippen LogP contribution in [0.5, 0.6) is 5.75 Å². The SMILES string of the molecule is O=C(COc1cccc(Cl)c1)NC12CC(c3nnc(C4CC(OC(F)(F)F)C4)o3)(C1)C2. The number of ether oxygens (including phenoxy) is 2. The van der Waals surface area contributed by atoms with Crippen LogP contribution in [0.25, 0.3) is 0 Å². The normalized spacial score (nSPS) is 31.2. The number of carbonyl (C=O) groups excluding carboxylic acids is 1. The van der Waals surface area contributed by atoms with E-state index >= 15 is 0 Å². The maximum Gasteiger partial charge on any atom is 0.522 e. The smallest absolute Gasteiger partial charge is 0.484 e. The van der Waals surface area contributed by atoms with Gasteiger partial charge in [0.05, 0.1) is 11.5 Å². The van der Waals surface area contributed by atoms with Gasteiger partial charge in [-0.25, -0.2) is 0 Å². The van der Waals surface area contributed by atoms with Gasteiger partial charge in [-0.1, -0.05) is 17.7 Å². The minimum Gasteiger partial charge on any atom is -0.484 e. The second kappa shape index (κ2) is 7.09. The van der Waals surface area contributed by atoms with Crippen LogP contribution in [0.2, 0.25) is 5.02 Å². The van der Waals surface area contributed by atoms with Crippen LogP contribution in [0, 0.1) is 0 Å². The molecule has 4 aliphatic carbocycles. The number of nitrogens with one attached hydrogen (secondary N) is 1. The molecule has 1 heterocycles. The Kier molecular flexibility index (Phi) is 4.71. The topological polar surface area (TPSA) is 86.5 Å². The third kappa shape index (κ3) is 3.98. The average molecular weight is 458 g/mol. The van der Waals surface area contributed by atoms with Gasteiger partial charge in [0, 0.05) is 16.5 Å². The average Bonchev–Trinajstić information content (AvgIpc) is 3.06. The number of alkyl halides is 3. The van der Waals surface area contributed by atoms with E-state index in [2.05, 4.69) is 20.3 Å². The van der Waals surface area contributed by atoms with Crippen LogP contribution < -0.4 is 10.1 Å². The van der Waals surface area contributed by atoms with Crippen molar-refractivity contribution >= 4 is 17.5 Å². The van der Waals surface area contributed by atoms with Crippen molar-refractivity contribution in [2.45, 2.75) is 61.4 Å². The largest absolute Gasteiger partial charge is 0.522 e. The molecule has 0 saturated heterocycles. The zero-order chi connectivity index (χ0) is 21.9. The number of benzene rings is 1. The van der Waals surface area contributed by atoms with E-state index in [1.807, 2.05) is 0 Å². The molecule has 1 aromatic carbocycles. The molecule has 0 radical (unpaired) electrons. The number of hydrogen-bond acceptors (Lipinski definition) is 6. The molecule has 7 nitrogen and oxygen atoms in total. The van der Waals surface area contributed by atoms with Gasteiger partial charge in [-0.15, -0.1) is 23.4 Å². The fourth-order valence-corrected chi connectivity index (χ4v) is 5.03. The Morgan fingerprint density at radius 2 is 2.00 bits per heavy atom. The Morgan fingerprint density at radius 1 is 1.26 bits per heavy atom. The first-order valence-corrected chi connectivity index (χ1v) is 10.3. The van der Waals surface area contributed by atoms with Gasteiger partial charge < -0.3 is 14.5 Å². The van der Waals surface area contributed by atoms with Crippen LogP contribution in [0.4, 0.5) is 13.2 Å². The van der Waals surface area contributed by atoms with E-state index in [4.69, 9.17) is 20.8 Å². The summed E-state index contributed by atoms with van der Waals surface area (Å²) >= 11 is 5.89. The van der Waals surface area contributed by atoms with Crippen molar-refractivity contribution in [3.8, 4) is 5.75 Å². The summed E-state index contributed by atoms with van der Waals surface area (Å²) in [6.45, 7) is -0.108. The van der Waals surface area contributed by atoms with E-state index in [1.165, 1.54) is 0 Å². The van der Waals surface area contributed by atoms with E-state index < -0.39 is 12.5 Å². The second-order valence-corrected chi connectivity index (χ2v) is 9.12. The first-order valence-electron chi connectivity index (χ1n) is 9.92. The fourth-order valence-electron chi connectivity index (χ4n) is 4.85. The molecule has 0 spiro atoms. The predicted octanol–water partition coefficient (Wildman–Crippen LogP) is 3.87. The molecule has 4 fully saturated rings. The van der Waals surface area contributed by atoms with E-state index in [9.17, 15) is 18.0 Å². The molecule has 31 heavy (non-hydrogen) atoms. The highest BCUT2D eigenvalue weighted by molar-refractivity contribution is 6.30. The minimum absolute atomic E-state index is 0.108. The standard InChI is InChI=1S/C20H19ClF3N3O4/c21-12-2-1-3-13(6-12)29-7-15(28)25-19-8-18(9-19,10-19)17-27-26-16(30-17)11-4-14(5-11)31-20(22,23)24/h1-3,6,11,14H,4-5,7-10H2,(H,25,28). The number of amides is 1. The van der Waals surface area contributed by atoms with E-state index in [1.54, 1.807) is 24.3 Å². The summed E-state index contributed by atoms with van der Waals surface area (Å²) in [6, 6.07) is 6.82. The lowest BCUT2D eigenvalue weighted by molar-refractivity contribution is -0.352. The van der Waals surface area contributed by atoms with Gasteiger partial charge in [0.1, 0.15) is 5.75 Å². The highest BCUT2D eigenvalue weighted by Crippen LogP contribution is 2.67. The zero-order valence-electron chi connectivity index (χ0n) is 16.2. The van der Waals surface area contributed by atoms with Crippen molar-refractivity contribution in [2.75, 3.05) is 6.61 Å². The van der Waals surface area contributed by atoms with Crippen molar-refractivity contribution in [1.82, 2.24) is 15.5 Å². The Hall–Kier alpha value is -2.33. The van der Waals surface area contributed by atoms with Crippen molar-refractivity contribution in [2.24, 2.45) is 0 Å². The molecule has 0 unspecified atom stereocenters. The number of hydrogen-bond donors (Lipinski definition) is 1. The molecular formula is C20H19ClF3N3O4. The van der Waals surface area contributed by atoms with E-state index in [-0.39, 0.29) is 42.2 Å². The molecule has 1 amide bonds. The first-order chi connectivity index (χ1) is 14.6. The predicted molar refractivity (Wildman–Crippen MR) is 101 cm³/mol. The Balaban J connectivity index is 1.09. The van der Waals surface area contributed by atoms with Gasteiger partial charge in [-0.2, -0.15) is 0 Å². The molecule has 4 aliphatic rings. The summed E-state index contributed by atoms with van der Waals surface area (Å²) in [6.07, 6.45) is -3.00. The third-order valence-corrected chi connectivity index (χ3v) is 6.47. The number of aromatic nitrogens is 2. The monoisotopic (exact) mass is 457 g/mol. The third-order valence-electron chi connectivity index (χ3n) is 6.24. The van der Waals surface area contributed by atoms with Gasteiger partial charge >= 0.3 is 6.36 Å². The number of rotatable bonds is 7. The molecule has 0 aliphatic heterocycles. The molecule has 166 valence electrons. The molecule has 1 aromatic heterocycles. The van der Waals surface area contributed by atoms with Crippen LogP contribution in [0.3, 0.4) is 0 Å². The summed E-state index contributed by atoms with van der Waals surface area (Å²) in [5, 5.41) is 11.7. The van der Waals surface area contributed by atoms with Crippen LogP contribution >= 0.6 is 11.6 Å². The molecule has 11 heteroatoms. The molecule has 6 rings (SSSR count). The molecule has 2 aromatic rings. The van der Waals surface area contributed by atoms with E-state index in [0.29, 0.717) is 41.8 Å². The highest BCUT2D eigenvalue weighted by Gasteiger charge is 2.72. The number of nitrogens with zero attached hydrogens (tertiary/aromatic N) is 2. The highest BCUT2D eigenvalue weighted by atomic mass is 35.5. The van der Waals surface area contributed by atoms with Gasteiger partial charge in [0.2, 0.25) is 11.8 Å². The Labute approximate surface area is 180 Å². The minimum atomic E-state index is -4.63. The molecule has 0 atom stereocenters. The fraction of sp³-hybridized carbons (Fsp3) is 0.550. The van der Waals surface area contributed by atoms with E-state index in [0.717, 1.165) is 0 Å². The van der Waals surface area contributed by atoms with Gasteiger partial charge in [0.25, 0.3) is 5.91 Å². The van der Waals surface area contributed by atoms with Crippen LogP contribution in [-0.2, 0) is 14.9 Å². The second-order valence-electron chi connectivity index (χ2n) is 8.68. The Bertz CT molecular complexity index is 986. The lowest BCUT2D eigenvalue weighted by Gasteiger charge is -2.68. The quantitative estimate of drug-likeness (QED) is 0.679. The Morgan fingerprint density at radius 3 is 2.68 bits per heavy atom. The number of halogens is 4. The summed E-state index contributed by atoms with van der Waals surface area (Å²) in [5.41, 5.74) is -0.538. The molecule has 1 N–H and O–H groups in total. The van der Waals surface area contributed by atoms with Gasteiger partial charge in [0.15, 0.2) is 6.61 Å². The lowest BCUT2D eigenvalue weighted by Crippen LogP contribution is -2.77. The lowest BCUT2D eigenvalue weighted by atomic mass is 9.39. The van der Waals surface area contributed by atoms with Crippen molar-refractivity contribution < 1.29 is 31.9 Å². The van der Waals surface area contributed by atoms with Crippen LogP contribution in [0.15, 0.2) is 28.7 Å². The first kappa shape index (κ1) is 20.6. The van der Waals surface area contributed by atoms with Crippen molar-refractivity contribution in [3.05, 3.63) is 41.1 Å². The maximum absolute atomic E-state index is 12.2. The van der Waals surface area contributed by atoms with Crippen molar-refractivity contribution in [3.63, 3.8) is 0 Å². The van der Waals surface area contributed by atoms with Crippen molar-refractivity contribution in [1.29, 1.82) is 0 Å². The van der Waals surface area contributed by atoms with Gasteiger partial charge in [-0.05, 0) is 50.3 Å². The summed E-state index contributed by atoms with van der Waals surface area (Å²) in [4.78, 5) is 12.2. The maximum atomic E-state index is 12.2. The van der Waals surface area contributed by atoms with Crippen LogP contribution in [0.1, 0.15) is 49.8 Å². The molecule has 2 bridgehead atoms. The molecule has 4 saturated carbocycles.